The highest BCUT2D eigenvalue weighted by atomic mass is 19.1. The summed E-state index contributed by atoms with van der Waals surface area (Å²) in [7, 11) is 4.68. The number of rotatable bonds is 10. The van der Waals surface area contributed by atoms with E-state index < -0.39 is 6.10 Å². The summed E-state index contributed by atoms with van der Waals surface area (Å²) in [6.45, 7) is 0. The Hall–Kier alpha value is -4.43. The number of benzene rings is 4. The number of aliphatic hydroxyl groups excluding tert-OH is 1. The number of carbonyl (C=O) groups excluding carboxylic acids is 1. The molecule has 0 saturated carbocycles. The zero-order chi connectivity index (χ0) is 29.1. The van der Waals surface area contributed by atoms with Crippen LogP contribution in [0.4, 0.5) is 14.5 Å². The van der Waals surface area contributed by atoms with E-state index in [1.165, 1.54) is 24.3 Å². The van der Waals surface area contributed by atoms with Crippen LogP contribution < -0.4 is 19.1 Å². The maximum Gasteiger partial charge on any atom is 0.233 e. The monoisotopic (exact) mass is 559 g/mol. The minimum absolute atomic E-state index is 0.0957. The van der Waals surface area contributed by atoms with E-state index in [-0.39, 0.29) is 29.5 Å². The molecule has 1 fully saturated rings. The SMILES string of the molecule is COc1cc(-c2ccc([C@@H]3[C@@H](CC[C@H](O)c4ccc(F)cc4)C(=O)N3c3ccc(F)cc3)cc2)cc(OC)c1OC. The molecule has 1 aliphatic rings. The number of hydrogen-bond acceptors (Lipinski definition) is 5. The fraction of sp³-hybridized carbons (Fsp3) is 0.242. The fourth-order valence-electron chi connectivity index (χ4n) is 5.41. The smallest absolute Gasteiger partial charge is 0.233 e. The molecule has 41 heavy (non-hydrogen) atoms. The van der Waals surface area contributed by atoms with Gasteiger partial charge in [0.25, 0.3) is 0 Å². The lowest BCUT2D eigenvalue weighted by Crippen LogP contribution is -2.55. The first kappa shape index (κ1) is 28.1. The van der Waals surface area contributed by atoms with Crippen molar-refractivity contribution in [1.29, 1.82) is 0 Å². The van der Waals surface area contributed by atoms with E-state index in [4.69, 9.17) is 14.2 Å². The Balaban J connectivity index is 1.43. The Labute approximate surface area is 237 Å². The summed E-state index contributed by atoms with van der Waals surface area (Å²) in [4.78, 5) is 15.0. The van der Waals surface area contributed by atoms with Crippen LogP contribution in [0, 0.1) is 17.6 Å². The number of hydrogen-bond donors (Lipinski definition) is 1. The minimum Gasteiger partial charge on any atom is -0.493 e. The summed E-state index contributed by atoms with van der Waals surface area (Å²) in [6.07, 6.45) is -0.0698. The molecule has 212 valence electrons. The topological polar surface area (TPSA) is 68.2 Å². The molecule has 0 radical (unpaired) electrons. The van der Waals surface area contributed by atoms with Gasteiger partial charge in [-0.25, -0.2) is 8.78 Å². The van der Waals surface area contributed by atoms with Crippen LogP contribution in [0.1, 0.15) is 36.1 Å². The van der Waals surface area contributed by atoms with Crippen LogP contribution in [0.3, 0.4) is 0 Å². The van der Waals surface area contributed by atoms with E-state index in [1.54, 1.807) is 50.5 Å². The van der Waals surface area contributed by atoms with Gasteiger partial charge in [0.05, 0.1) is 39.4 Å². The van der Waals surface area contributed by atoms with Gasteiger partial charge in [0, 0.05) is 5.69 Å². The summed E-state index contributed by atoms with van der Waals surface area (Å²) in [5.41, 5.74) is 3.89. The molecule has 0 aromatic heterocycles. The third kappa shape index (κ3) is 5.60. The van der Waals surface area contributed by atoms with E-state index >= 15 is 0 Å². The summed E-state index contributed by atoms with van der Waals surface area (Å²) in [5.74, 6) is 0.343. The Morgan fingerprint density at radius 3 is 1.88 bits per heavy atom. The summed E-state index contributed by atoms with van der Waals surface area (Å²) in [6, 6.07) is 22.9. The summed E-state index contributed by atoms with van der Waals surface area (Å²) < 4.78 is 43.4. The highest BCUT2D eigenvalue weighted by Gasteiger charge is 2.48. The van der Waals surface area contributed by atoms with Crippen LogP contribution >= 0.6 is 0 Å². The first-order chi connectivity index (χ1) is 19.8. The van der Waals surface area contributed by atoms with Crippen molar-refractivity contribution in [3.05, 3.63) is 108 Å². The van der Waals surface area contributed by atoms with Crippen molar-refractivity contribution in [3.8, 4) is 28.4 Å². The Morgan fingerprint density at radius 1 is 0.780 bits per heavy atom. The first-order valence-corrected chi connectivity index (χ1v) is 13.3. The van der Waals surface area contributed by atoms with Crippen LogP contribution in [0.25, 0.3) is 11.1 Å². The third-order valence-corrected chi connectivity index (χ3v) is 7.57. The van der Waals surface area contributed by atoms with Crippen LogP contribution in [0.5, 0.6) is 17.2 Å². The average Bonchev–Trinajstić information content (AvgIpc) is 3.00. The van der Waals surface area contributed by atoms with E-state index in [9.17, 15) is 18.7 Å². The zero-order valence-corrected chi connectivity index (χ0v) is 23.0. The van der Waals surface area contributed by atoms with E-state index in [0.29, 0.717) is 41.3 Å². The molecule has 5 rings (SSSR count). The van der Waals surface area contributed by atoms with Gasteiger partial charge in [-0.1, -0.05) is 36.4 Å². The maximum atomic E-state index is 13.6. The molecule has 0 spiro atoms. The molecule has 1 aliphatic heterocycles. The number of carbonyl (C=O) groups is 1. The van der Waals surface area contributed by atoms with Crippen molar-refractivity contribution < 1.29 is 32.9 Å². The van der Waals surface area contributed by atoms with Gasteiger partial charge >= 0.3 is 0 Å². The van der Waals surface area contributed by atoms with Gasteiger partial charge in [0.15, 0.2) is 11.5 Å². The van der Waals surface area contributed by atoms with Crippen LogP contribution in [0.2, 0.25) is 0 Å². The first-order valence-electron chi connectivity index (χ1n) is 13.3. The van der Waals surface area contributed by atoms with Crippen LogP contribution in [0.15, 0.2) is 84.9 Å². The number of aliphatic hydroxyl groups is 1. The van der Waals surface area contributed by atoms with Crippen molar-refractivity contribution in [2.24, 2.45) is 5.92 Å². The van der Waals surface area contributed by atoms with Gasteiger partial charge in [-0.15, -0.1) is 0 Å². The molecule has 1 N–H and O–H groups in total. The largest absolute Gasteiger partial charge is 0.493 e. The predicted octanol–water partition coefficient (Wildman–Crippen LogP) is 6.88. The van der Waals surface area contributed by atoms with Crippen molar-refractivity contribution in [2.45, 2.75) is 25.0 Å². The number of amides is 1. The molecule has 1 saturated heterocycles. The molecule has 1 amide bonds. The van der Waals surface area contributed by atoms with Gasteiger partial charge in [0.2, 0.25) is 11.7 Å². The van der Waals surface area contributed by atoms with Gasteiger partial charge < -0.3 is 24.2 Å². The average molecular weight is 560 g/mol. The van der Waals surface area contributed by atoms with Gasteiger partial charge in [-0.05, 0) is 83.6 Å². The molecular formula is C33H31F2NO5. The lowest BCUT2D eigenvalue weighted by Gasteiger charge is -2.48. The summed E-state index contributed by atoms with van der Waals surface area (Å²) in [5, 5.41) is 10.7. The van der Waals surface area contributed by atoms with Gasteiger partial charge in [-0.3, -0.25) is 4.79 Å². The molecule has 0 unspecified atom stereocenters. The van der Waals surface area contributed by atoms with E-state index in [0.717, 1.165) is 16.7 Å². The van der Waals surface area contributed by atoms with Crippen molar-refractivity contribution in [2.75, 3.05) is 26.2 Å². The molecule has 8 heteroatoms. The molecule has 0 aliphatic carbocycles. The number of β-lactam (4-membered cyclic amide) rings is 1. The number of methoxy groups -OCH3 is 3. The summed E-state index contributed by atoms with van der Waals surface area (Å²) >= 11 is 0. The molecule has 0 bridgehead atoms. The third-order valence-electron chi connectivity index (χ3n) is 7.57. The Bertz CT molecular complexity index is 1480. The quantitative estimate of drug-likeness (QED) is 0.215. The highest BCUT2D eigenvalue weighted by molar-refractivity contribution is 6.03. The molecule has 4 aromatic rings. The van der Waals surface area contributed by atoms with Crippen LogP contribution in [-0.4, -0.2) is 32.3 Å². The standard InChI is InChI=1S/C33H31F2NO5/c1-39-29-18-23(19-30(40-2)32(29)41-3)20-4-6-22(7-5-20)31-27(16-17-28(37)21-8-10-24(34)11-9-21)33(38)36(31)26-14-12-25(35)13-15-26/h4-15,18-19,27-28,31,37H,16-17H2,1-3H3/t27-,28+,31-/m1/s1. The van der Waals surface area contributed by atoms with Crippen molar-refractivity contribution in [3.63, 3.8) is 0 Å². The number of nitrogens with zero attached hydrogens (tertiary/aromatic N) is 1. The van der Waals surface area contributed by atoms with Gasteiger partial charge in [-0.2, -0.15) is 0 Å². The van der Waals surface area contributed by atoms with Crippen molar-refractivity contribution in [1.82, 2.24) is 0 Å². The normalized spacial score (nSPS) is 17.1. The van der Waals surface area contributed by atoms with Crippen molar-refractivity contribution >= 4 is 11.6 Å². The highest BCUT2D eigenvalue weighted by Crippen LogP contribution is 2.47. The predicted molar refractivity (Wildman–Crippen MR) is 152 cm³/mol. The second-order valence-corrected chi connectivity index (χ2v) is 9.92. The van der Waals surface area contributed by atoms with E-state index in [2.05, 4.69) is 0 Å². The second-order valence-electron chi connectivity index (χ2n) is 9.92. The molecule has 4 aromatic carbocycles. The minimum atomic E-state index is -0.827. The Kier molecular flexibility index (Phi) is 8.21. The second kappa shape index (κ2) is 12.0. The molecular weight excluding hydrogens is 528 g/mol. The number of anilines is 1. The maximum absolute atomic E-state index is 13.6. The van der Waals surface area contributed by atoms with Crippen LogP contribution in [-0.2, 0) is 4.79 Å². The Morgan fingerprint density at radius 2 is 1.34 bits per heavy atom. The number of ether oxygens (including phenoxy) is 3. The lowest BCUT2D eigenvalue weighted by molar-refractivity contribution is -0.131. The molecule has 6 nitrogen and oxygen atoms in total. The number of halogens is 2. The molecule has 3 atom stereocenters. The fourth-order valence-corrected chi connectivity index (χ4v) is 5.41. The zero-order valence-electron chi connectivity index (χ0n) is 23.0. The molecule has 1 heterocycles. The lowest BCUT2D eigenvalue weighted by atomic mass is 9.78. The van der Waals surface area contributed by atoms with E-state index in [1.807, 2.05) is 36.4 Å². The van der Waals surface area contributed by atoms with Gasteiger partial charge in [0.1, 0.15) is 11.6 Å².